The Morgan fingerprint density at radius 1 is 0.962 bits per heavy atom. The van der Waals surface area contributed by atoms with Crippen molar-refractivity contribution in [1.29, 1.82) is 0 Å². The SMILES string of the molecule is C=CC1CCC(C2CCC(c3ccc(OCCC)c(F)c3F)CC2)CC1. The minimum atomic E-state index is -0.819. The zero-order valence-electron chi connectivity index (χ0n) is 16.0. The molecule has 1 nitrogen and oxygen atoms in total. The second-order valence-corrected chi connectivity index (χ2v) is 8.15. The van der Waals surface area contributed by atoms with Crippen LogP contribution in [0.5, 0.6) is 5.75 Å². The lowest BCUT2D eigenvalue weighted by Gasteiger charge is -2.37. The number of benzene rings is 1. The first-order valence-electron chi connectivity index (χ1n) is 10.4. The Bertz CT molecular complexity index is 596. The van der Waals surface area contributed by atoms with Crippen molar-refractivity contribution in [2.75, 3.05) is 6.61 Å². The van der Waals surface area contributed by atoms with Crippen molar-refractivity contribution in [1.82, 2.24) is 0 Å². The first-order chi connectivity index (χ1) is 12.6. The smallest absolute Gasteiger partial charge is 0.200 e. The van der Waals surface area contributed by atoms with Crippen LogP contribution in [-0.2, 0) is 0 Å². The van der Waals surface area contributed by atoms with E-state index in [-0.39, 0.29) is 11.7 Å². The van der Waals surface area contributed by atoms with Gasteiger partial charge in [0.25, 0.3) is 0 Å². The van der Waals surface area contributed by atoms with Crippen LogP contribution in [0.1, 0.15) is 76.2 Å². The molecule has 3 rings (SSSR count). The number of hydrogen-bond donors (Lipinski definition) is 0. The Morgan fingerprint density at radius 2 is 1.58 bits per heavy atom. The Labute approximate surface area is 156 Å². The molecule has 0 radical (unpaired) electrons. The van der Waals surface area contributed by atoms with Crippen LogP contribution >= 0.6 is 0 Å². The first-order valence-corrected chi connectivity index (χ1v) is 10.4. The van der Waals surface area contributed by atoms with Crippen LogP contribution in [0.15, 0.2) is 24.8 Å². The van der Waals surface area contributed by atoms with Gasteiger partial charge in [-0.25, -0.2) is 4.39 Å². The topological polar surface area (TPSA) is 9.23 Å². The van der Waals surface area contributed by atoms with Gasteiger partial charge in [0, 0.05) is 0 Å². The van der Waals surface area contributed by atoms with Crippen LogP contribution in [0.2, 0.25) is 0 Å². The monoisotopic (exact) mass is 362 g/mol. The molecule has 0 atom stereocenters. The fourth-order valence-corrected chi connectivity index (χ4v) is 4.94. The van der Waals surface area contributed by atoms with E-state index in [1.165, 1.54) is 25.7 Å². The molecule has 0 amide bonds. The second kappa shape index (κ2) is 9.01. The van der Waals surface area contributed by atoms with Gasteiger partial charge in [-0.3, -0.25) is 0 Å². The summed E-state index contributed by atoms with van der Waals surface area (Å²) in [5, 5.41) is 0. The molecule has 26 heavy (non-hydrogen) atoms. The number of hydrogen-bond acceptors (Lipinski definition) is 1. The van der Waals surface area contributed by atoms with E-state index in [1.54, 1.807) is 12.1 Å². The van der Waals surface area contributed by atoms with Crippen LogP contribution in [0, 0.1) is 29.4 Å². The van der Waals surface area contributed by atoms with E-state index in [4.69, 9.17) is 4.74 Å². The van der Waals surface area contributed by atoms with Crippen molar-refractivity contribution in [2.45, 2.75) is 70.6 Å². The van der Waals surface area contributed by atoms with Crippen LogP contribution < -0.4 is 4.74 Å². The maximum atomic E-state index is 14.5. The summed E-state index contributed by atoms with van der Waals surface area (Å²) < 4.78 is 34.1. The van der Waals surface area contributed by atoms with Crippen LogP contribution in [-0.4, -0.2) is 6.61 Å². The molecule has 0 heterocycles. The van der Waals surface area contributed by atoms with Crippen molar-refractivity contribution < 1.29 is 13.5 Å². The Kier molecular flexibility index (Phi) is 6.72. The largest absolute Gasteiger partial charge is 0.490 e. The number of ether oxygens (including phenoxy) is 1. The summed E-state index contributed by atoms with van der Waals surface area (Å²) >= 11 is 0. The Balaban J connectivity index is 1.58. The zero-order valence-corrected chi connectivity index (χ0v) is 16.0. The first kappa shape index (κ1) is 19.4. The predicted molar refractivity (Wildman–Crippen MR) is 102 cm³/mol. The highest BCUT2D eigenvalue weighted by molar-refractivity contribution is 5.33. The van der Waals surface area contributed by atoms with Crippen molar-refractivity contribution in [2.24, 2.45) is 17.8 Å². The molecule has 0 aliphatic heterocycles. The van der Waals surface area contributed by atoms with Gasteiger partial charge in [-0.05, 0) is 93.1 Å². The van der Waals surface area contributed by atoms with Gasteiger partial charge < -0.3 is 4.74 Å². The van der Waals surface area contributed by atoms with Gasteiger partial charge in [0.05, 0.1) is 6.61 Å². The average molecular weight is 363 g/mol. The molecule has 3 heteroatoms. The number of allylic oxidation sites excluding steroid dienone is 1. The third-order valence-corrected chi connectivity index (χ3v) is 6.57. The molecule has 2 aliphatic carbocycles. The van der Waals surface area contributed by atoms with Crippen molar-refractivity contribution in [3.8, 4) is 5.75 Å². The van der Waals surface area contributed by atoms with Crippen LogP contribution in [0.4, 0.5) is 8.78 Å². The predicted octanol–water partition coefficient (Wildman–Crippen LogP) is 7.02. The van der Waals surface area contributed by atoms with E-state index in [0.717, 1.165) is 43.9 Å². The maximum absolute atomic E-state index is 14.5. The summed E-state index contributed by atoms with van der Waals surface area (Å²) in [5.74, 6) is 0.948. The van der Waals surface area contributed by atoms with Crippen molar-refractivity contribution in [3.05, 3.63) is 42.0 Å². The van der Waals surface area contributed by atoms with Gasteiger partial charge in [0.2, 0.25) is 5.82 Å². The lowest BCUT2D eigenvalue weighted by molar-refractivity contribution is 0.170. The molecule has 0 N–H and O–H groups in total. The quantitative estimate of drug-likeness (QED) is 0.494. The number of rotatable bonds is 6. The van der Waals surface area contributed by atoms with E-state index >= 15 is 0 Å². The van der Waals surface area contributed by atoms with Crippen molar-refractivity contribution in [3.63, 3.8) is 0 Å². The van der Waals surface area contributed by atoms with E-state index < -0.39 is 11.6 Å². The molecule has 0 saturated heterocycles. The molecule has 2 fully saturated rings. The van der Waals surface area contributed by atoms with Gasteiger partial charge in [0.1, 0.15) is 0 Å². The summed E-state index contributed by atoms with van der Waals surface area (Å²) in [7, 11) is 0. The molecule has 0 unspecified atom stereocenters. The zero-order chi connectivity index (χ0) is 18.5. The van der Waals surface area contributed by atoms with Gasteiger partial charge >= 0.3 is 0 Å². The summed E-state index contributed by atoms with van der Waals surface area (Å²) in [6.45, 7) is 6.29. The van der Waals surface area contributed by atoms with Gasteiger partial charge in [-0.1, -0.05) is 19.1 Å². The lowest BCUT2D eigenvalue weighted by atomic mass is 9.68. The standard InChI is InChI=1S/C23H32F2O/c1-3-15-26-21-14-13-20(22(24)23(21)25)19-11-9-18(10-12-19)17-7-5-16(4-2)6-8-17/h4,13-14,16-19H,2-3,5-12,15H2,1H3. The van der Waals surface area contributed by atoms with Crippen LogP contribution in [0.3, 0.4) is 0 Å². The molecule has 0 spiro atoms. The van der Waals surface area contributed by atoms with E-state index in [2.05, 4.69) is 12.7 Å². The van der Waals surface area contributed by atoms with Gasteiger partial charge in [-0.2, -0.15) is 4.39 Å². The highest BCUT2D eigenvalue weighted by Crippen LogP contribution is 2.45. The summed E-state index contributed by atoms with van der Waals surface area (Å²) in [4.78, 5) is 0. The fraction of sp³-hybridized carbons (Fsp3) is 0.652. The Morgan fingerprint density at radius 3 is 2.15 bits per heavy atom. The highest BCUT2D eigenvalue weighted by Gasteiger charge is 2.32. The molecule has 2 aliphatic rings. The molecule has 144 valence electrons. The summed E-state index contributed by atoms with van der Waals surface area (Å²) in [6, 6.07) is 3.34. The molecule has 2 saturated carbocycles. The summed E-state index contributed by atoms with van der Waals surface area (Å²) in [6.07, 6.45) is 12.3. The number of halogens is 2. The van der Waals surface area contributed by atoms with E-state index in [1.807, 2.05) is 6.92 Å². The Hall–Kier alpha value is -1.38. The minimum Gasteiger partial charge on any atom is -0.490 e. The normalized spacial score (nSPS) is 29.3. The van der Waals surface area contributed by atoms with Gasteiger partial charge in [0.15, 0.2) is 11.6 Å². The molecule has 0 aromatic heterocycles. The third-order valence-electron chi connectivity index (χ3n) is 6.57. The second-order valence-electron chi connectivity index (χ2n) is 8.15. The maximum Gasteiger partial charge on any atom is 0.200 e. The van der Waals surface area contributed by atoms with E-state index in [0.29, 0.717) is 18.1 Å². The molecular formula is C23H32F2O. The lowest BCUT2D eigenvalue weighted by Crippen LogP contribution is -2.25. The minimum absolute atomic E-state index is 0.0424. The fourth-order valence-electron chi connectivity index (χ4n) is 4.94. The molecule has 0 bridgehead atoms. The molecule has 1 aromatic rings. The van der Waals surface area contributed by atoms with Crippen molar-refractivity contribution >= 4 is 0 Å². The molecule has 1 aromatic carbocycles. The van der Waals surface area contributed by atoms with Crippen LogP contribution in [0.25, 0.3) is 0 Å². The highest BCUT2D eigenvalue weighted by atomic mass is 19.2. The van der Waals surface area contributed by atoms with Gasteiger partial charge in [-0.15, -0.1) is 6.58 Å². The molecular weight excluding hydrogens is 330 g/mol. The summed E-state index contributed by atoms with van der Waals surface area (Å²) in [5.41, 5.74) is 0.542. The average Bonchev–Trinajstić information content (AvgIpc) is 2.69. The third kappa shape index (κ3) is 4.29. The van der Waals surface area contributed by atoms with E-state index in [9.17, 15) is 8.78 Å².